The number of nitrogens with one attached hydrogen (secondary N) is 1. The average molecular weight is 270 g/mol. The summed E-state index contributed by atoms with van der Waals surface area (Å²) < 4.78 is 0. The Kier molecular flexibility index (Phi) is 3.71. The normalized spacial score (nSPS) is 11.8. The van der Waals surface area contributed by atoms with Gasteiger partial charge < -0.3 is 10.8 Å². The minimum absolute atomic E-state index is 0.0868. The van der Waals surface area contributed by atoms with Crippen LogP contribution in [0.1, 0.15) is 34.7 Å². The van der Waals surface area contributed by atoms with Gasteiger partial charge >= 0.3 is 5.97 Å². The summed E-state index contributed by atoms with van der Waals surface area (Å²) in [5, 5.41) is 24.6. The van der Waals surface area contributed by atoms with E-state index in [2.05, 4.69) is 10.2 Å². The van der Waals surface area contributed by atoms with Gasteiger partial charge in [-0.3, -0.25) is 9.89 Å². The monoisotopic (exact) mass is 270 g/mol. The molecule has 1 aromatic carbocycles. The molecule has 6 nitrogen and oxygen atoms in total. The maximum atomic E-state index is 11.1. The molecule has 1 unspecified atom stereocenters. The Morgan fingerprint density at radius 3 is 2.60 bits per heavy atom. The Bertz CT molecular complexity index is 648. The van der Waals surface area contributed by atoms with Crippen molar-refractivity contribution in [3.63, 3.8) is 0 Å². The highest BCUT2D eigenvalue weighted by Crippen LogP contribution is 2.33. The Morgan fingerprint density at radius 2 is 2.15 bits per heavy atom. The average Bonchev–Trinajstić information content (AvgIpc) is 2.76. The lowest BCUT2D eigenvalue weighted by molar-refractivity contribution is -0.137. The zero-order valence-corrected chi connectivity index (χ0v) is 10.9. The highest BCUT2D eigenvalue weighted by molar-refractivity contribution is 5.70. The SMILES string of the molecule is Cc1[nH]nc(N)c1C(CC(=O)O)c1ccc(C#N)cc1. The van der Waals surface area contributed by atoms with Crippen molar-refractivity contribution in [2.75, 3.05) is 5.73 Å². The van der Waals surface area contributed by atoms with Gasteiger partial charge in [-0.2, -0.15) is 10.4 Å². The van der Waals surface area contributed by atoms with Gasteiger partial charge in [0.05, 0.1) is 18.1 Å². The number of nitrogens with zero attached hydrogens (tertiary/aromatic N) is 2. The first-order valence-electron chi connectivity index (χ1n) is 6.05. The van der Waals surface area contributed by atoms with E-state index < -0.39 is 5.97 Å². The lowest BCUT2D eigenvalue weighted by atomic mass is 9.88. The number of aryl methyl sites for hydroxylation is 1. The molecule has 0 fully saturated rings. The molecule has 0 aliphatic heterocycles. The van der Waals surface area contributed by atoms with Crippen LogP contribution in [0.25, 0.3) is 0 Å². The van der Waals surface area contributed by atoms with Crippen LogP contribution in [0.2, 0.25) is 0 Å². The topological polar surface area (TPSA) is 116 Å². The predicted octanol–water partition coefficient (Wildman–Crippen LogP) is 1.78. The fourth-order valence-corrected chi connectivity index (χ4v) is 2.25. The molecule has 1 heterocycles. The van der Waals surface area contributed by atoms with E-state index in [0.717, 1.165) is 11.3 Å². The van der Waals surface area contributed by atoms with Crippen molar-refractivity contribution < 1.29 is 9.90 Å². The van der Waals surface area contributed by atoms with Crippen molar-refractivity contribution in [3.8, 4) is 6.07 Å². The van der Waals surface area contributed by atoms with Gasteiger partial charge in [-0.05, 0) is 24.6 Å². The molecule has 0 bridgehead atoms. The third-order valence-corrected chi connectivity index (χ3v) is 3.19. The molecule has 0 radical (unpaired) electrons. The first-order chi connectivity index (χ1) is 9.52. The van der Waals surface area contributed by atoms with E-state index >= 15 is 0 Å². The summed E-state index contributed by atoms with van der Waals surface area (Å²) in [5.41, 5.74) is 8.59. The van der Waals surface area contributed by atoms with E-state index in [9.17, 15) is 4.79 Å². The van der Waals surface area contributed by atoms with E-state index in [0.29, 0.717) is 16.9 Å². The summed E-state index contributed by atoms with van der Waals surface area (Å²) in [4.78, 5) is 11.1. The summed E-state index contributed by atoms with van der Waals surface area (Å²) in [6, 6.07) is 8.85. The Morgan fingerprint density at radius 1 is 1.50 bits per heavy atom. The number of aliphatic carboxylic acids is 1. The van der Waals surface area contributed by atoms with E-state index in [1.807, 2.05) is 6.07 Å². The maximum absolute atomic E-state index is 11.1. The van der Waals surface area contributed by atoms with Crippen LogP contribution >= 0.6 is 0 Å². The second kappa shape index (κ2) is 5.45. The number of aromatic nitrogens is 2. The minimum atomic E-state index is -0.917. The number of H-pyrrole nitrogens is 1. The summed E-state index contributed by atoms with van der Waals surface area (Å²) in [7, 11) is 0. The van der Waals surface area contributed by atoms with Crippen LogP contribution in [0.5, 0.6) is 0 Å². The molecule has 1 atom stereocenters. The van der Waals surface area contributed by atoms with Gasteiger partial charge in [-0.25, -0.2) is 0 Å². The smallest absolute Gasteiger partial charge is 0.304 e. The van der Waals surface area contributed by atoms with Crippen molar-refractivity contribution in [1.82, 2.24) is 10.2 Å². The first kappa shape index (κ1) is 13.6. The summed E-state index contributed by atoms with van der Waals surface area (Å²) in [5.74, 6) is -1.00. The van der Waals surface area contributed by atoms with Gasteiger partial charge in [-0.1, -0.05) is 12.1 Å². The predicted molar refractivity (Wildman–Crippen MR) is 73.0 cm³/mol. The number of aromatic amines is 1. The van der Waals surface area contributed by atoms with Crippen molar-refractivity contribution in [2.24, 2.45) is 0 Å². The van der Waals surface area contributed by atoms with Crippen molar-refractivity contribution in [3.05, 3.63) is 46.6 Å². The third kappa shape index (κ3) is 2.62. The van der Waals surface area contributed by atoms with E-state index in [-0.39, 0.29) is 12.3 Å². The van der Waals surface area contributed by atoms with Crippen LogP contribution in [0.15, 0.2) is 24.3 Å². The van der Waals surface area contributed by atoms with Gasteiger partial charge in [0.1, 0.15) is 5.82 Å². The lowest BCUT2D eigenvalue weighted by Crippen LogP contribution is -2.10. The summed E-state index contributed by atoms with van der Waals surface area (Å²) >= 11 is 0. The van der Waals surface area contributed by atoms with E-state index in [4.69, 9.17) is 16.1 Å². The highest BCUT2D eigenvalue weighted by Gasteiger charge is 2.23. The largest absolute Gasteiger partial charge is 0.481 e. The summed E-state index contributed by atoms with van der Waals surface area (Å²) in [6.45, 7) is 1.80. The fourth-order valence-electron chi connectivity index (χ4n) is 2.25. The number of anilines is 1. The van der Waals surface area contributed by atoms with Gasteiger partial charge in [-0.15, -0.1) is 0 Å². The zero-order chi connectivity index (χ0) is 14.7. The molecule has 2 aromatic rings. The zero-order valence-electron chi connectivity index (χ0n) is 10.9. The maximum Gasteiger partial charge on any atom is 0.304 e. The van der Waals surface area contributed by atoms with Gasteiger partial charge in [0.2, 0.25) is 0 Å². The minimum Gasteiger partial charge on any atom is -0.481 e. The van der Waals surface area contributed by atoms with Crippen LogP contribution in [0.4, 0.5) is 5.82 Å². The lowest BCUT2D eigenvalue weighted by Gasteiger charge is -2.16. The molecule has 0 saturated heterocycles. The molecule has 0 amide bonds. The van der Waals surface area contributed by atoms with Crippen LogP contribution < -0.4 is 5.73 Å². The van der Waals surface area contributed by atoms with E-state index in [1.165, 1.54) is 0 Å². The molecular weight excluding hydrogens is 256 g/mol. The molecule has 20 heavy (non-hydrogen) atoms. The van der Waals surface area contributed by atoms with Gasteiger partial charge in [0.25, 0.3) is 0 Å². The van der Waals surface area contributed by atoms with Crippen molar-refractivity contribution in [2.45, 2.75) is 19.3 Å². The molecule has 0 saturated carbocycles. The number of nitrogens with two attached hydrogens (primary N) is 1. The Balaban J connectivity index is 2.47. The second-order valence-electron chi connectivity index (χ2n) is 4.53. The number of carboxylic acids is 1. The fraction of sp³-hybridized carbons (Fsp3) is 0.214. The quantitative estimate of drug-likeness (QED) is 0.783. The first-order valence-corrected chi connectivity index (χ1v) is 6.05. The number of carbonyl (C=O) groups is 1. The Labute approximate surface area is 115 Å². The molecule has 0 aliphatic carbocycles. The number of nitrogen functional groups attached to an aromatic ring is 1. The number of rotatable bonds is 4. The van der Waals surface area contributed by atoms with Crippen LogP contribution in [0, 0.1) is 18.3 Å². The number of nitriles is 1. The standard InChI is InChI=1S/C14H14N4O2/c1-8-13(14(16)18-17-8)11(6-12(19)20)10-4-2-9(7-15)3-5-10/h2-5,11H,6H2,1H3,(H,19,20)(H3,16,17,18). The second-order valence-corrected chi connectivity index (χ2v) is 4.53. The molecule has 0 spiro atoms. The molecule has 0 aliphatic rings. The van der Waals surface area contributed by atoms with Crippen molar-refractivity contribution in [1.29, 1.82) is 5.26 Å². The van der Waals surface area contributed by atoms with Gasteiger partial charge in [0, 0.05) is 17.2 Å². The van der Waals surface area contributed by atoms with Crippen LogP contribution in [-0.2, 0) is 4.79 Å². The molecule has 1 aromatic heterocycles. The number of benzene rings is 1. The Hall–Kier alpha value is -2.81. The number of hydrogen-bond acceptors (Lipinski definition) is 4. The molecular formula is C14H14N4O2. The van der Waals surface area contributed by atoms with Crippen LogP contribution in [-0.4, -0.2) is 21.3 Å². The van der Waals surface area contributed by atoms with Gasteiger partial charge in [0.15, 0.2) is 0 Å². The third-order valence-electron chi connectivity index (χ3n) is 3.19. The molecule has 102 valence electrons. The molecule has 4 N–H and O–H groups in total. The number of carboxylic acid groups (broad SMARTS) is 1. The molecule has 6 heteroatoms. The molecule has 2 rings (SSSR count). The van der Waals surface area contributed by atoms with Crippen molar-refractivity contribution >= 4 is 11.8 Å². The highest BCUT2D eigenvalue weighted by atomic mass is 16.4. The van der Waals surface area contributed by atoms with E-state index in [1.54, 1.807) is 31.2 Å². The van der Waals surface area contributed by atoms with Crippen LogP contribution in [0.3, 0.4) is 0 Å². The summed E-state index contributed by atoms with van der Waals surface area (Å²) in [6.07, 6.45) is -0.0868. The number of hydrogen-bond donors (Lipinski definition) is 3.